The van der Waals surface area contributed by atoms with Gasteiger partial charge in [0.05, 0.1) is 11.7 Å². The minimum absolute atomic E-state index is 0.0587. The molecule has 1 aromatic heterocycles. The molecular formula is C30H37N7O3. The van der Waals surface area contributed by atoms with Gasteiger partial charge in [0, 0.05) is 56.3 Å². The van der Waals surface area contributed by atoms with Crippen LogP contribution in [0.4, 0.5) is 15.3 Å². The molecule has 0 radical (unpaired) electrons. The minimum atomic E-state index is -0.650. The van der Waals surface area contributed by atoms with Crippen LogP contribution in [0.15, 0.2) is 42.6 Å². The van der Waals surface area contributed by atoms with Crippen molar-refractivity contribution in [3.05, 3.63) is 59.3 Å². The number of amides is 5. The van der Waals surface area contributed by atoms with Gasteiger partial charge in [-0.1, -0.05) is 45.0 Å². The normalized spacial score (nSPS) is 20.2. The fraction of sp³-hybridized carbons (Fsp3) is 0.467. The zero-order valence-electron chi connectivity index (χ0n) is 23.4. The number of likely N-dealkylation sites (tertiary alicyclic amines) is 1. The van der Waals surface area contributed by atoms with Gasteiger partial charge in [-0.3, -0.25) is 9.89 Å². The first-order valence-electron chi connectivity index (χ1n) is 14.1. The second-order valence-corrected chi connectivity index (χ2v) is 12.4. The van der Waals surface area contributed by atoms with Crippen LogP contribution in [0, 0.1) is 5.41 Å². The maximum atomic E-state index is 13.8. The van der Waals surface area contributed by atoms with Gasteiger partial charge >= 0.3 is 12.1 Å². The Kier molecular flexibility index (Phi) is 6.64. The molecule has 40 heavy (non-hydrogen) atoms. The molecule has 0 spiro atoms. The molecule has 3 aromatic rings. The van der Waals surface area contributed by atoms with Crippen molar-refractivity contribution >= 4 is 34.6 Å². The highest BCUT2D eigenvalue weighted by Gasteiger charge is 2.36. The first kappa shape index (κ1) is 26.2. The maximum Gasteiger partial charge on any atom is 0.322 e. The number of carbonyl (C=O) groups excluding carboxylic acids is 3. The Morgan fingerprint density at radius 3 is 2.60 bits per heavy atom. The Labute approximate surface area is 234 Å². The third-order valence-electron chi connectivity index (χ3n) is 8.23. The Hall–Kier alpha value is -4.08. The van der Waals surface area contributed by atoms with Gasteiger partial charge in [-0.05, 0) is 47.1 Å². The quantitative estimate of drug-likeness (QED) is 0.462. The van der Waals surface area contributed by atoms with E-state index in [0.717, 1.165) is 33.3 Å². The van der Waals surface area contributed by atoms with Crippen molar-refractivity contribution in [3.8, 4) is 0 Å². The monoisotopic (exact) mass is 543 g/mol. The Morgan fingerprint density at radius 2 is 1.82 bits per heavy atom. The fourth-order valence-electron chi connectivity index (χ4n) is 6.25. The van der Waals surface area contributed by atoms with Gasteiger partial charge < -0.3 is 25.3 Å². The van der Waals surface area contributed by atoms with E-state index in [1.165, 1.54) is 0 Å². The molecule has 0 saturated carbocycles. The van der Waals surface area contributed by atoms with Crippen molar-refractivity contribution in [1.82, 2.24) is 30.2 Å². The van der Waals surface area contributed by atoms with E-state index in [-0.39, 0.29) is 29.4 Å². The summed E-state index contributed by atoms with van der Waals surface area (Å²) in [7, 11) is 0. The second-order valence-electron chi connectivity index (χ2n) is 12.4. The molecule has 0 bridgehead atoms. The molecule has 10 nitrogen and oxygen atoms in total. The summed E-state index contributed by atoms with van der Waals surface area (Å²) in [4.78, 5) is 45.5. The van der Waals surface area contributed by atoms with Gasteiger partial charge in [0.15, 0.2) is 0 Å². The SMILES string of the molecule is CC(C)(C)CN1Cc2c(ccc3[nH]ncc23)C[C@@H](NC(=O)N2CCC(N3Cc4ccccc4NC3=O)CC2)C1=O. The number of anilines is 1. The number of hydrogen-bond donors (Lipinski definition) is 3. The van der Waals surface area contributed by atoms with Gasteiger partial charge in [-0.25, -0.2) is 9.59 Å². The summed E-state index contributed by atoms with van der Waals surface area (Å²) in [5.74, 6) is -0.0605. The van der Waals surface area contributed by atoms with E-state index in [1.54, 1.807) is 4.90 Å². The van der Waals surface area contributed by atoms with Crippen molar-refractivity contribution < 1.29 is 14.4 Å². The molecule has 3 aliphatic heterocycles. The number of H-pyrrole nitrogens is 1. The lowest BCUT2D eigenvalue weighted by molar-refractivity contribution is -0.134. The average molecular weight is 544 g/mol. The lowest BCUT2D eigenvalue weighted by Gasteiger charge is -2.40. The Morgan fingerprint density at radius 1 is 1.05 bits per heavy atom. The highest BCUT2D eigenvalue weighted by Crippen LogP contribution is 2.30. The van der Waals surface area contributed by atoms with E-state index in [9.17, 15) is 14.4 Å². The lowest BCUT2D eigenvalue weighted by Crippen LogP contribution is -2.56. The predicted molar refractivity (Wildman–Crippen MR) is 153 cm³/mol. The Balaban J connectivity index is 1.14. The van der Waals surface area contributed by atoms with Crippen molar-refractivity contribution in [3.63, 3.8) is 0 Å². The first-order chi connectivity index (χ1) is 19.2. The van der Waals surface area contributed by atoms with E-state index in [4.69, 9.17) is 0 Å². The molecule has 6 rings (SSSR count). The molecule has 3 N–H and O–H groups in total. The third-order valence-corrected chi connectivity index (χ3v) is 8.23. The molecule has 0 aliphatic carbocycles. The van der Waals surface area contributed by atoms with Crippen LogP contribution in [-0.4, -0.2) is 74.6 Å². The van der Waals surface area contributed by atoms with Crippen LogP contribution >= 0.6 is 0 Å². The van der Waals surface area contributed by atoms with Gasteiger partial charge in [0.25, 0.3) is 0 Å². The highest BCUT2D eigenvalue weighted by atomic mass is 16.2. The van der Waals surface area contributed by atoms with Crippen LogP contribution in [0.3, 0.4) is 0 Å². The van der Waals surface area contributed by atoms with Crippen LogP contribution in [0.2, 0.25) is 0 Å². The van der Waals surface area contributed by atoms with Gasteiger partial charge in [-0.2, -0.15) is 5.10 Å². The van der Waals surface area contributed by atoms with E-state index in [1.807, 2.05) is 52.4 Å². The number of para-hydroxylation sites is 1. The number of nitrogens with one attached hydrogen (secondary N) is 3. The number of aromatic nitrogens is 2. The van der Waals surface area contributed by atoms with Crippen LogP contribution < -0.4 is 10.6 Å². The number of rotatable bonds is 3. The molecule has 10 heteroatoms. The highest BCUT2D eigenvalue weighted by molar-refractivity contribution is 5.93. The summed E-state index contributed by atoms with van der Waals surface area (Å²) < 4.78 is 0. The molecular weight excluding hydrogens is 506 g/mol. The number of benzene rings is 2. The molecule has 1 fully saturated rings. The van der Waals surface area contributed by atoms with Gasteiger partial charge in [0.1, 0.15) is 6.04 Å². The maximum absolute atomic E-state index is 13.8. The molecule has 0 unspecified atom stereocenters. The van der Waals surface area contributed by atoms with Crippen LogP contribution in [0.25, 0.3) is 10.9 Å². The molecule has 5 amide bonds. The van der Waals surface area contributed by atoms with Gasteiger partial charge in [0.2, 0.25) is 5.91 Å². The summed E-state index contributed by atoms with van der Waals surface area (Å²) in [6.07, 6.45) is 3.64. The van der Waals surface area contributed by atoms with Crippen molar-refractivity contribution in [2.24, 2.45) is 5.41 Å². The van der Waals surface area contributed by atoms with Crippen LogP contribution in [-0.2, 0) is 24.3 Å². The molecule has 4 heterocycles. The van der Waals surface area contributed by atoms with Crippen molar-refractivity contribution in [1.29, 1.82) is 0 Å². The molecule has 210 valence electrons. The fourth-order valence-corrected chi connectivity index (χ4v) is 6.25. The number of urea groups is 2. The Bertz CT molecular complexity index is 1450. The average Bonchev–Trinajstić information content (AvgIpc) is 3.37. The number of nitrogens with zero attached hydrogens (tertiary/aromatic N) is 4. The zero-order valence-corrected chi connectivity index (χ0v) is 23.4. The predicted octanol–water partition coefficient (Wildman–Crippen LogP) is 4.08. The first-order valence-corrected chi connectivity index (χ1v) is 14.1. The topological polar surface area (TPSA) is 114 Å². The number of aromatic amines is 1. The third kappa shape index (κ3) is 5.10. The van der Waals surface area contributed by atoms with Gasteiger partial charge in [-0.15, -0.1) is 0 Å². The standard InChI is InChI=1S/C30H37N7O3/c1-30(2,3)18-36-17-23-19(8-9-25-22(23)15-31-34-25)14-26(27(36)38)33-28(39)35-12-10-21(11-13-35)37-16-20-6-4-5-7-24(20)32-29(37)40/h4-9,15,21,26H,10-14,16-18H2,1-3H3,(H,31,34)(H,32,40)(H,33,39)/t26-/m1/s1. The molecule has 3 aliphatic rings. The van der Waals surface area contributed by atoms with Crippen molar-refractivity contribution in [2.45, 2.75) is 65.2 Å². The summed E-state index contributed by atoms with van der Waals surface area (Å²) in [5, 5.41) is 14.3. The van der Waals surface area contributed by atoms with E-state index in [0.29, 0.717) is 52.0 Å². The summed E-state index contributed by atoms with van der Waals surface area (Å²) >= 11 is 0. The zero-order chi connectivity index (χ0) is 28.0. The number of hydrogen-bond acceptors (Lipinski definition) is 4. The van der Waals surface area contributed by atoms with Crippen molar-refractivity contribution in [2.75, 3.05) is 25.0 Å². The second kappa shape index (κ2) is 10.1. The summed E-state index contributed by atoms with van der Waals surface area (Å²) in [5.41, 5.74) is 4.95. The number of piperidine rings is 1. The van der Waals surface area contributed by atoms with E-state index >= 15 is 0 Å². The summed E-state index contributed by atoms with van der Waals surface area (Å²) in [6.45, 7) is 9.04. The van der Waals surface area contributed by atoms with Crippen LogP contribution in [0.5, 0.6) is 0 Å². The van der Waals surface area contributed by atoms with E-state index < -0.39 is 6.04 Å². The van der Waals surface area contributed by atoms with E-state index in [2.05, 4.69) is 41.6 Å². The molecule has 2 aromatic carbocycles. The largest absolute Gasteiger partial charge is 0.336 e. The molecule has 1 saturated heterocycles. The minimum Gasteiger partial charge on any atom is -0.336 e. The molecule has 1 atom stereocenters. The summed E-state index contributed by atoms with van der Waals surface area (Å²) in [6, 6.07) is 11.0. The smallest absolute Gasteiger partial charge is 0.322 e. The lowest BCUT2D eigenvalue weighted by atomic mass is 9.95. The number of fused-ring (bicyclic) bond motifs is 4. The van der Waals surface area contributed by atoms with Crippen LogP contribution in [0.1, 0.15) is 50.3 Å². The number of carbonyl (C=O) groups is 3.